The van der Waals surface area contributed by atoms with Crippen molar-refractivity contribution in [3.63, 3.8) is 0 Å². The summed E-state index contributed by atoms with van der Waals surface area (Å²) in [5.74, 6) is 0. The van der Waals surface area contributed by atoms with E-state index in [1.54, 1.807) is 0 Å². The van der Waals surface area contributed by atoms with Crippen molar-refractivity contribution < 1.29 is 0 Å². The fourth-order valence-electron chi connectivity index (χ4n) is 2.10. The topological polar surface area (TPSA) is 42.7 Å². The third-order valence-corrected chi connectivity index (χ3v) is 3.00. The Labute approximate surface area is 114 Å². The van der Waals surface area contributed by atoms with Gasteiger partial charge in [-0.1, -0.05) is 13.8 Å². The van der Waals surface area contributed by atoms with E-state index in [1.165, 1.54) is 5.56 Å². The molecule has 2 aromatic rings. The lowest BCUT2D eigenvalue weighted by Crippen LogP contribution is -2.14. The first-order valence-corrected chi connectivity index (χ1v) is 7.02. The second kappa shape index (κ2) is 7.04. The zero-order valence-corrected chi connectivity index (χ0v) is 11.8. The van der Waals surface area contributed by atoms with Gasteiger partial charge in [0.25, 0.3) is 0 Å². The van der Waals surface area contributed by atoms with Crippen molar-refractivity contribution in [3.8, 4) is 11.3 Å². The number of rotatable bonds is 7. The summed E-state index contributed by atoms with van der Waals surface area (Å²) >= 11 is 0. The van der Waals surface area contributed by atoms with Crippen molar-refractivity contribution in [2.24, 2.45) is 0 Å². The average Bonchev–Trinajstić information content (AvgIpc) is 2.88. The molecule has 0 aliphatic rings. The van der Waals surface area contributed by atoms with Crippen LogP contribution in [0.25, 0.3) is 11.3 Å². The third-order valence-electron chi connectivity index (χ3n) is 3.00. The Balaban J connectivity index is 2.15. The van der Waals surface area contributed by atoms with Gasteiger partial charge in [0.15, 0.2) is 0 Å². The van der Waals surface area contributed by atoms with Crippen LogP contribution in [0.5, 0.6) is 0 Å². The number of hydrogen-bond donors (Lipinski definition) is 1. The fourth-order valence-corrected chi connectivity index (χ4v) is 2.10. The molecule has 4 heteroatoms. The molecule has 0 saturated carbocycles. The lowest BCUT2D eigenvalue weighted by molar-refractivity contribution is 0.608. The first kappa shape index (κ1) is 13.7. The summed E-state index contributed by atoms with van der Waals surface area (Å²) in [6.07, 6.45) is 7.92. The van der Waals surface area contributed by atoms with Gasteiger partial charge in [-0.15, -0.1) is 0 Å². The minimum absolute atomic E-state index is 0.872. The zero-order chi connectivity index (χ0) is 13.5. The van der Waals surface area contributed by atoms with E-state index < -0.39 is 0 Å². The first-order valence-electron chi connectivity index (χ1n) is 7.02. The molecule has 0 radical (unpaired) electrons. The van der Waals surface area contributed by atoms with Crippen LogP contribution in [0.15, 0.2) is 30.7 Å². The van der Waals surface area contributed by atoms with E-state index in [2.05, 4.69) is 41.4 Å². The highest BCUT2D eigenvalue weighted by atomic mass is 15.3. The van der Waals surface area contributed by atoms with E-state index in [1.807, 2.05) is 23.3 Å². The molecule has 0 amide bonds. The Morgan fingerprint density at radius 3 is 2.89 bits per heavy atom. The molecule has 2 heterocycles. The van der Waals surface area contributed by atoms with Crippen LogP contribution in [0.1, 0.15) is 32.3 Å². The van der Waals surface area contributed by atoms with E-state index >= 15 is 0 Å². The minimum atomic E-state index is 0.872. The Hall–Kier alpha value is -1.68. The van der Waals surface area contributed by atoms with Crippen molar-refractivity contribution in [1.82, 2.24) is 20.1 Å². The van der Waals surface area contributed by atoms with Gasteiger partial charge in [-0.25, -0.2) is 0 Å². The summed E-state index contributed by atoms with van der Waals surface area (Å²) in [5.41, 5.74) is 3.50. The predicted octanol–water partition coefficient (Wildman–Crippen LogP) is 2.85. The smallest absolute Gasteiger partial charge is 0.0697 e. The molecule has 2 rings (SSSR count). The fraction of sp³-hybridized carbons (Fsp3) is 0.467. The number of nitrogens with zero attached hydrogens (tertiary/aromatic N) is 3. The van der Waals surface area contributed by atoms with Gasteiger partial charge in [-0.05, 0) is 37.1 Å². The van der Waals surface area contributed by atoms with Crippen LogP contribution in [-0.2, 0) is 13.1 Å². The highest BCUT2D eigenvalue weighted by Crippen LogP contribution is 2.19. The second-order valence-electron chi connectivity index (χ2n) is 4.70. The molecule has 0 fully saturated rings. The summed E-state index contributed by atoms with van der Waals surface area (Å²) in [4.78, 5) is 4.34. The quantitative estimate of drug-likeness (QED) is 0.777. The first-order chi connectivity index (χ1) is 9.35. The highest BCUT2D eigenvalue weighted by molar-refractivity contribution is 5.58. The molecule has 102 valence electrons. The van der Waals surface area contributed by atoms with Gasteiger partial charge in [0.2, 0.25) is 0 Å². The van der Waals surface area contributed by atoms with E-state index in [9.17, 15) is 0 Å². The van der Waals surface area contributed by atoms with Gasteiger partial charge in [0.05, 0.1) is 5.69 Å². The van der Waals surface area contributed by atoms with Crippen molar-refractivity contribution in [3.05, 3.63) is 36.3 Å². The van der Waals surface area contributed by atoms with Crippen molar-refractivity contribution >= 4 is 0 Å². The third kappa shape index (κ3) is 3.64. The van der Waals surface area contributed by atoms with Crippen LogP contribution in [0.3, 0.4) is 0 Å². The molecule has 1 N–H and O–H groups in total. The molecule has 4 nitrogen and oxygen atoms in total. The van der Waals surface area contributed by atoms with Gasteiger partial charge in [0.1, 0.15) is 0 Å². The summed E-state index contributed by atoms with van der Waals surface area (Å²) in [6.45, 7) is 7.19. The van der Waals surface area contributed by atoms with E-state index in [0.717, 1.165) is 43.7 Å². The lowest BCUT2D eigenvalue weighted by Gasteiger charge is -2.08. The minimum Gasteiger partial charge on any atom is -0.313 e. The van der Waals surface area contributed by atoms with Crippen molar-refractivity contribution in [1.29, 1.82) is 0 Å². The number of pyridine rings is 1. The van der Waals surface area contributed by atoms with Crippen molar-refractivity contribution in [2.75, 3.05) is 6.54 Å². The van der Waals surface area contributed by atoms with Gasteiger partial charge < -0.3 is 5.32 Å². The predicted molar refractivity (Wildman–Crippen MR) is 77.7 cm³/mol. The van der Waals surface area contributed by atoms with E-state index in [0.29, 0.717) is 0 Å². The maximum Gasteiger partial charge on any atom is 0.0697 e. The maximum atomic E-state index is 4.36. The van der Waals surface area contributed by atoms with Gasteiger partial charge >= 0.3 is 0 Å². The molecule has 0 aromatic carbocycles. The molecule has 0 spiro atoms. The van der Waals surface area contributed by atoms with Gasteiger partial charge in [0, 0.05) is 37.2 Å². The number of nitrogens with one attached hydrogen (secondary N) is 1. The standard InChI is InChI=1S/C15H22N4/c1-3-6-16-10-13-9-14(12-17-11-13)15-5-7-18-19(15)8-4-2/h5,7,9,11-12,16H,3-4,6,8,10H2,1-2H3. The van der Waals surface area contributed by atoms with Crippen LogP contribution >= 0.6 is 0 Å². The molecule has 0 bridgehead atoms. The van der Waals surface area contributed by atoms with Crippen LogP contribution < -0.4 is 5.32 Å². The number of hydrogen-bond acceptors (Lipinski definition) is 3. The largest absolute Gasteiger partial charge is 0.313 e. The second-order valence-corrected chi connectivity index (χ2v) is 4.70. The van der Waals surface area contributed by atoms with E-state index in [4.69, 9.17) is 0 Å². The summed E-state index contributed by atoms with van der Waals surface area (Å²) in [6, 6.07) is 4.24. The molecule has 0 aliphatic carbocycles. The zero-order valence-electron chi connectivity index (χ0n) is 11.8. The molecule has 19 heavy (non-hydrogen) atoms. The summed E-state index contributed by atoms with van der Waals surface area (Å²) in [7, 11) is 0. The molecule has 0 aliphatic heterocycles. The van der Waals surface area contributed by atoms with E-state index in [-0.39, 0.29) is 0 Å². The number of aromatic nitrogens is 3. The Kier molecular flexibility index (Phi) is 5.10. The van der Waals surface area contributed by atoms with Crippen LogP contribution in [0.4, 0.5) is 0 Å². The summed E-state index contributed by atoms with van der Waals surface area (Å²) < 4.78 is 2.04. The number of aryl methyl sites for hydroxylation is 1. The molecule has 2 aromatic heterocycles. The Bertz CT molecular complexity index is 504. The molecule has 0 atom stereocenters. The summed E-state index contributed by atoms with van der Waals surface area (Å²) in [5, 5.41) is 7.76. The Morgan fingerprint density at radius 2 is 2.11 bits per heavy atom. The molecular weight excluding hydrogens is 236 g/mol. The average molecular weight is 258 g/mol. The maximum absolute atomic E-state index is 4.36. The van der Waals surface area contributed by atoms with Crippen LogP contribution in [0.2, 0.25) is 0 Å². The monoisotopic (exact) mass is 258 g/mol. The normalized spacial score (nSPS) is 10.8. The lowest BCUT2D eigenvalue weighted by atomic mass is 10.1. The van der Waals surface area contributed by atoms with Crippen LogP contribution in [0, 0.1) is 0 Å². The van der Waals surface area contributed by atoms with Crippen molar-refractivity contribution in [2.45, 2.75) is 39.8 Å². The molecule has 0 unspecified atom stereocenters. The molecular formula is C15H22N4. The van der Waals surface area contributed by atoms with Crippen LogP contribution in [-0.4, -0.2) is 21.3 Å². The van der Waals surface area contributed by atoms with Gasteiger partial charge in [-0.2, -0.15) is 5.10 Å². The highest BCUT2D eigenvalue weighted by Gasteiger charge is 2.06. The molecule has 0 saturated heterocycles. The Morgan fingerprint density at radius 1 is 1.21 bits per heavy atom. The SMILES string of the molecule is CCCNCc1cncc(-c2ccnn2CCC)c1. The van der Waals surface area contributed by atoms with Gasteiger partial charge in [-0.3, -0.25) is 9.67 Å².